The van der Waals surface area contributed by atoms with Gasteiger partial charge < -0.3 is 18.6 Å². The van der Waals surface area contributed by atoms with E-state index >= 15 is 0 Å². The minimum Gasteiger partial charge on any atom is -0.716 e. The Kier molecular flexibility index (Phi) is 4.98. The minimum atomic E-state index is -5.00. The van der Waals surface area contributed by atoms with Gasteiger partial charge in [0.05, 0.1) is 11.0 Å². The van der Waals surface area contributed by atoms with Gasteiger partial charge in [0.2, 0.25) is 0 Å². The first-order valence-electron chi connectivity index (χ1n) is 9.29. The van der Waals surface area contributed by atoms with Crippen molar-refractivity contribution in [1.29, 1.82) is 0 Å². The van der Waals surface area contributed by atoms with Crippen LogP contribution in [0.1, 0.15) is 30.4 Å². The summed E-state index contributed by atoms with van der Waals surface area (Å²) in [5.74, 6) is -0.244. The third-order valence-corrected chi connectivity index (χ3v) is 7.29. The first kappa shape index (κ1) is 21.3. The van der Waals surface area contributed by atoms with Crippen molar-refractivity contribution in [2.24, 2.45) is 0 Å². The van der Waals surface area contributed by atoms with E-state index in [2.05, 4.69) is 15.7 Å². The number of benzene rings is 1. The number of Topliss-reactive ketones (excluding diaryl/α,β-unsaturated/α-hetero) is 1. The van der Waals surface area contributed by atoms with Gasteiger partial charge in [-0.1, -0.05) is 12.1 Å². The van der Waals surface area contributed by atoms with Crippen LogP contribution in [-0.2, 0) is 27.0 Å². The van der Waals surface area contributed by atoms with Crippen LogP contribution in [0.5, 0.6) is 11.5 Å². The van der Waals surface area contributed by atoms with Crippen LogP contribution in [0.25, 0.3) is 0 Å². The summed E-state index contributed by atoms with van der Waals surface area (Å²) >= 11 is 0. The molecular formula is C19H20NNaO7S. The Bertz CT molecular complexity index is 1010. The number of hydrogen-bond acceptors (Lipinski definition) is 8. The Morgan fingerprint density at radius 3 is 2.86 bits per heavy atom. The molecule has 2 bridgehead atoms. The predicted octanol–water partition coefficient (Wildman–Crippen LogP) is -2.56. The molecule has 4 atom stereocenters. The van der Waals surface area contributed by atoms with Gasteiger partial charge in [0.1, 0.15) is 0 Å². The van der Waals surface area contributed by atoms with Crippen molar-refractivity contribution in [3.8, 4) is 11.5 Å². The van der Waals surface area contributed by atoms with Crippen molar-refractivity contribution in [2.45, 2.75) is 48.8 Å². The zero-order valence-electron chi connectivity index (χ0n) is 16.1. The molecule has 1 N–H and O–H groups in total. The SMILES string of the molecule is C=CCN1CC[C@]23c4c5ccc(OS(=O)(=O)[O-])c4O[C@H]2C(=O)CC[C@@]3(O)[C@H]1C5.[Na+]. The second-order valence-electron chi connectivity index (χ2n) is 8.03. The molecular weight excluding hydrogens is 409 g/mol. The maximum Gasteiger partial charge on any atom is 1.00 e. The van der Waals surface area contributed by atoms with Gasteiger partial charge in [-0.05, 0) is 30.9 Å². The van der Waals surface area contributed by atoms with Crippen LogP contribution < -0.4 is 38.5 Å². The standard InChI is InChI=1S/C19H21NO7S.Na/c1-2-8-20-9-7-18-15-11-3-4-13(27-28(23,24)25)16(15)26-17(18)12(21)5-6-19(18,22)14(20)10-11;/h2-4,14,17,22H,1,5-10H2,(H,23,24,25);/q;+1/p-1/t14-,17+,18+,19-;/m1./s1. The molecule has 2 heterocycles. The van der Waals surface area contributed by atoms with Crippen molar-refractivity contribution in [2.75, 3.05) is 13.1 Å². The molecule has 1 saturated carbocycles. The Labute approximate surface area is 191 Å². The Morgan fingerprint density at radius 1 is 1.41 bits per heavy atom. The number of rotatable bonds is 4. The van der Waals surface area contributed by atoms with Gasteiger partial charge in [0, 0.05) is 31.1 Å². The number of aliphatic hydroxyl groups is 1. The van der Waals surface area contributed by atoms with Crippen molar-refractivity contribution in [1.82, 2.24) is 4.90 Å². The molecule has 0 radical (unpaired) electrons. The summed E-state index contributed by atoms with van der Waals surface area (Å²) in [5.41, 5.74) is -0.644. The van der Waals surface area contributed by atoms with Crippen LogP contribution in [0, 0.1) is 0 Å². The van der Waals surface area contributed by atoms with E-state index in [-0.39, 0.29) is 59.3 Å². The second kappa shape index (κ2) is 6.78. The average molecular weight is 429 g/mol. The monoisotopic (exact) mass is 429 g/mol. The molecule has 2 aliphatic carbocycles. The van der Waals surface area contributed by atoms with E-state index < -0.39 is 27.5 Å². The fraction of sp³-hybridized carbons (Fsp3) is 0.526. The van der Waals surface area contributed by atoms with Crippen molar-refractivity contribution in [3.05, 3.63) is 35.9 Å². The topological polar surface area (TPSA) is 116 Å². The van der Waals surface area contributed by atoms with E-state index in [9.17, 15) is 22.9 Å². The van der Waals surface area contributed by atoms with E-state index in [1.54, 1.807) is 12.1 Å². The largest absolute Gasteiger partial charge is 1.00 e. The fourth-order valence-electron chi connectivity index (χ4n) is 5.96. The van der Waals surface area contributed by atoms with Gasteiger partial charge in [0.15, 0.2) is 23.4 Å². The molecule has 10 heteroatoms. The summed E-state index contributed by atoms with van der Waals surface area (Å²) in [5, 5.41) is 11.9. The van der Waals surface area contributed by atoms with E-state index in [0.717, 1.165) is 5.56 Å². The molecule has 8 nitrogen and oxygen atoms in total. The number of nitrogens with zero attached hydrogens (tertiary/aromatic N) is 1. The number of carbonyl (C=O) groups is 1. The molecule has 1 saturated heterocycles. The molecule has 2 aliphatic heterocycles. The number of piperidine rings is 1. The smallest absolute Gasteiger partial charge is 0.716 e. The molecule has 29 heavy (non-hydrogen) atoms. The molecule has 1 aromatic carbocycles. The molecule has 1 aromatic rings. The van der Waals surface area contributed by atoms with E-state index in [1.807, 2.05) is 0 Å². The van der Waals surface area contributed by atoms with E-state index in [1.165, 1.54) is 6.07 Å². The van der Waals surface area contributed by atoms with Gasteiger partial charge in [-0.3, -0.25) is 9.69 Å². The Hall–Kier alpha value is -0.940. The quantitative estimate of drug-likeness (QED) is 0.241. The third kappa shape index (κ3) is 2.72. The zero-order valence-corrected chi connectivity index (χ0v) is 18.9. The molecule has 0 unspecified atom stereocenters. The summed E-state index contributed by atoms with van der Waals surface area (Å²) in [4.78, 5) is 15.0. The molecule has 1 spiro atoms. The average Bonchev–Trinajstić information content (AvgIpc) is 2.97. The number of ether oxygens (including phenoxy) is 1. The number of ketones is 1. The van der Waals surface area contributed by atoms with Gasteiger partial charge in [-0.2, -0.15) is 0 Å². The second-order valence-corrected chi connectivity index (χ2v) is 9.02. The van der Waals surface area contributed by atoms with Crippen LogP contribution in [0.4, 0.5) is 0 Å². The molecule has 150 valence electrons. The summed E-state index contributed by atoms with van der Waals surface area (Å²) in [7, 11) is -5.00. The maximum absolute atomic E-state index is 12.8. The van der Waals surface area contributed by atoms with Gasteiger partial charge >= 0.3 is 29.6 Å². The van der Waals surface area contributed by atoms with Gasteiger partial charge in [0.25, 0.3) is 10.4 Å². The molecule has 0 amide bonds. The van der Waals surface area contributed by atoms with Crippen molar-refractivity contribution >= 4 is 16.2 Å². The number of likely N-dealkylation sites (tertiary alicyclic amines) is 1. The molecule has 2 fully saturated rings. The Morgan fingerprint density at radius 2 is 2.17 bits per heavy atom. The normalized spacial score (nSPS) is 34.6. The molecule has 4 aliphatic rings. The zero-order chi connectivity index (χ0) is 19.9. The van der Waals surface area contributed by atoms with Crippen LogP contribution >= 0.6 is 0 Å². The molecule has 0 aromatic heterocycles. The van der Waals surface area contributed by atoms with E-state index in [4.69, 9.17) is 4.74 Å². The predicted molar refractivity (Wildman–Crippen MR) is 95.9 cm³/mol. The minimum absolute atomic E-state index is 0. The summed E-state index contributed by atoms with van der Waals surface area (Å²) in [6.07, 6.45) is 2.40. The molecule has 5 rings (SSSR count). The first-order chi connectivity index (χ1) is 13.2. The fourth-order valence-corrected chi connectivity index (χ4v) is 6.31. The summed E-state index contributed by atoms with van der Waals surface area (Å²) in [6.45, 7) is 5.08. The van der Waals surface area contributed by atoms with Crippen LogP contribution in [0.15, 0.2) is 24.8 Å². The van der Waals surface area contributed by atoms with Crippen LogP contribution in [0.3, 0.4) is 0 Å². The number of carbonyl (C=O) groups excluding carboxylic acids is 1. The Balaban J connectivity index is 0.00000205. The van der Waals surface area contributed by atoms with Crippen molar-refractivity contribution < 1.29 is 61.3 Å². The summed E-state index contributed by atoms with van der Waals surface area (Å²) < 4.78 is 44.1. The maximum atomic E-state index is 12.8. The van der Waals surface area contributed by atoms with E-state index in [0.29, 0.717) is 37.9 Å². The summed E-state index contributed by atoms with van der Waals surface area (Å²) in [6, 6.07) is 2.89. The van der Waals surface area contributed by atoms with Crippen LogP contribution in [-0.4, -0.2) is 59.6 Å². The third-order valence-electron chi connectivity index (χ3n) is 6.91. The van der Waals surface area contributed by atoms with Gasteiger partial charge in [-0.15, -0.1) is 6.58 Å². The number of hydrogen-bond donors (Lipinski definition) is 1. The van der Waals surface area contributed by atoms with Crippen LogP contribution in [0.2, 0.25) is 0 Å². The first-order valence-corrected chi connectivity index (χ1v) is 10.6. The van der Waals surface area contributed by atoms with Gasteiger partial charge in [-0.25, -0.2) is 8.42 Å². The van der Waals surface area contributed by atoms with Crippen molar-refractivity contribution in [3.63, 3.8) is 0 Å².